The third kappa shape index (κ3) is 6.09. The van der Waals surface area contributed by atoms with Gasteiger partial charge in [-0.15, -0.1) is 0 Å². The Hall–Kier alpha value is -2.29. The lowest BCUT2D eigenvalue weighted by molar-refractivity contribution is -0.137. The van der Waals surface area contributed by atoms with E-state index < -0.39 is 11.7 Å². The van der Waals surface area contributed by atoms with Gasteiger partial charge in [0.25, 0.3) is 0 Å². The summed E-state index contributed by atoms with van der Waals surface area (Å²) in [6.45, 7) is 4.24. The molecule has 0 aliphatic carbocycles. The average Bonchev–Trinajstić information content (AvgIpc) is 2.73. The van der Waals surface area contributed by atoms with Crippen molar-refractivity contribution in [3.05, 3.63) is 29.8 Å². The second-order valence-electron chi connectivity index (χ2n) is 7.53. The molecule has 9 heteroatoms. The van der Waals surface area contributed by atoms with Gasteiger partial charge in [-0.2, -0.15) is 13.2 Å². The Labute approximate surface area is 168 Å². The van der Waals surface area contributed by atoms with Crippen LogP contribution in [0.4, 0.5) is 18.9 Å². The summed E-state index contributed by atoms with van der Waals surface area (Å²) in [5.41, 5.74) is -0.485. The molecule has 0 unspecified atom stereocenters. The monoisotopic (exact) mass is 412 g/mol. The topological polar surface area (TPSA) is 55.9 Å². The number of benzene rings is 1. The van der Waals surface area contributed by atoms with Gasteiger partial charge in [0.1, 0.15) is 0 Å². The number of hydrogen-bond donors (Lipinski definition) is 1. The number of piperidine rings is 1. The Morgan fingerprint density at radius 1 is 0.897 bits per heavy atom. The van der Waals surface area contributed by atoms with Gasteiger partial charge in [0, 0.05) is 45.0 Å². The summed E-state index contributed by atoms with van der Waals surface area (Å²) >= 11 is 0. The van der Waals surface area contributed by atoms with Crippen molar-refractivity contribution in [2.24, 2.45) is 0 Å². The van der Waals surface area contributed by atoms with E-state index in [0.29, 0.717) is 32.7 Å². The molecular weight excluding hydrogens is 385 g/mol. The maximum atomic E-state index is 12.8. The zero-order valence-corrected chi connectivity index (χ0v) is 16.4. The van der Waals surface area contributed by atoms with Gasteiger partial charge in [-0.25, -0.2) is 0 Å². The number of carbonyl (C=O) groups is 2. The predicted molar refractivity (Wildman–Crippen MR) is 103 cm³/mol. The number of nitrogens with zero attached hydrogens (tertiary/aromatic N) is 3. The zero-order valence-electron chi connectivity index (χ0n) is 16.4. The first-order chi connectivity index (χ1) is 13.8. The molecule has 2 aliphatic heterocycles. The lowest BCUT2D eigenvalue weighted by Crippen LogP contribution is -2.52. The fourth-order valence-electron chi connectivity index (χ4n) is 3.68. The number of nitrogens with one attached hydrogen (secondary N) is 1. The fourth-order valence-corrected chi connectivity index (χ4v) is 3.68. The highest BCUT2D eigenvalue weighted by Gasteiger charge is 2.30. The normalized spacial score (nSPS) is 18.6. The predicted octanol–water partition coefficient (Wildman–Crippen LogP) is 2.27. The fraction of sp³-hybridized carbons (Fsp3) is 0.600. The van der Waals surface area contributed by atoms with Crippen LogP contribution in [0.5, 0.6) is 0 Å². The molecular formula is C20H27F3N4O2. The lowest BCUT2D eigenvalue weighted by Gasteiger charge is -2.36. The van der Waals surface area contributed by atoms with E-state index in [4.69, 9.17) is 0 Å². The molecule has 0 radical (unpaired) electrons. The van der Waals surface area contributed by atoms with Gasteiger partial charge in [-0.3, -0.25) is 14.5 Å². The Kier molecular flexibility index (Phi) is 7.00. The summed E-state index contributed by atoms with van der Waals surface area (Å²) < 4.78 is 38.3. The number of alkyl halides is 3. The summed E-state index contributed by atoms with van der Waals surface area (Å²) in [4.78, 5) is 30.4. The number of likely N-dealkylation sites (tertiary alicyclic amines) is 1. The molecule has 160 valence electrons. The molecule has 2 fully saturated rings. The van der Waals surface area contributed by atoms with E-state index in [2.05, 4.69) is 10.2 Å². The molecule has 2 amide bonds. The standard InChI is InChI=1S/C20H27F3N4O2/c21-20(22,23)16-5-4-6-17(13-16)24-14-18(28)27-11-9-25(10-12-27)15-19(29)26-7-2-1-3-8-26/h4-6,13,24H,1-3,7-12,14-15H2. The highest BCUT2D eigenvalue weighted by molar-refractivity contribution is 5.81. The maximum absolute atomic E-state index is 12.8. The molecule has 2 aliphatic rings. The van der Waals surface area contributed by atoms with Crippen LogP contribution in [0.2, 0.25) is 0 Å². The second kappa shape index (κ2) is 9.47. The molecule has 3 rings (SSSR count). The molecule has 0 bridgehead atoms. The minimum atomic E-state index is -4.41. The van der Waals surface area contributed by atoms with Crippen molar-refractivity contribution in [3.63, 3.8) is 0 Å². The van der Waals surface area contributed by atoms with E-state index in [-0.39, 0.29) is 24.0 Å². The minimum Gasteiger partial charge on any atom is -0.376 e. The third-order valence-corrected chi connectivity index (χ3v) is 5.43. The van der Waals surface area contributed by atoms with Gasteiger partial charge in [-0.05, 0) is 37.5 Å². The molecule has 29 heavy (non-hydrogen) atoms. The van der Waals surface area contributed by atoms with Crippen LogP contribution in [0.1, 0.15) is 24.8 Å². The number of rotatable bonds is 5. The van der Waals surface area contributed by atoms with Gasteiger partial charge in [0.05, 0.1) is 18.7 Å². The van der Waals surface area contributed by atoms with Crippen LogP contribution in [0.15, 0.2) is 24.3 Å². The lowest BCUT2D eigenvalue weighted by atomic mass is 10.1. The first kappa shape index (κ1) is 21.4. The molecule has 2 heterocycles. The molecule has 0 saturated carbocycles. The first-order valence-corrected chi connectivity index (χ1v) is 10.0. The number of anilines is 1. The third-order valence-electron chi connectivity index (χ3n) is 5.43. The van der Waals surface area contributed by atoms with E-state index in [1.807, 2.05) is 4.90 Å². The summed E-state index contributed by atoms with van der Waals surface area (Å²) in [7, 11) is 0. The van der Waals surface area contributed by atoms with E-state index in [1.54, 1.807) is 4.90 Å². The number of piperazine rings is 1. The summed E-state index contributed by atoms with van der Waals surface area (Å²) in [6, 6.07) is 4.81. The van der Waals surface area contributed by atoms with Crippen molar-refractivity contribution in [1.82, 2.24) is 14.7 Å². The Morgan fingerprint density at radius 3 is 2.21 bits per heavy atom. The second-order valence-corrected chi connectivity index (χ2v) is 7.53. The van der Waals surface area contributed by atoms with Crippen LogP contribution in [0.25, 0.3) is 0 Å². The Bertz CT molecular complexity index is 712. The van der Waals surface area contributed by atoms with Gasteiger partial charge < -0.3 is 15.1 Å². The molecule has 1 aromatic carbocycles. The average molecular weight is 412 g/mol. The van der Waals surface area contributed by atoms with Gasteiger partial charge in [0.15, 0.2) is 0 Å². The van der Waals surface area contributed by atoms with Crippen molar-refractivity contribution in [2.75, 3.05) is 57.7 Å². The molecule has 0 spiro atoms. The van der Waals surface area contributed by atoms with E-state index in [9.17, 15) is 22.8 Å². The molecule has 0 aromatic heterocycles. The first-order valence-electron chi connectivity index (χ1n) is 10.0. The van der Waals surface area contributed by atoms with Crippen molar-refractivity contribution in [1.29, 1.82) is 0 Å². The zero-order chi connectivity index (χ0) is 20.9. The molecule has 2 saturated heterocycles. The number of carbonyl (C=O) groups excluding carboxylic acids is 2. The highest BCUT2D eigenvalue weighted by atomic mass is 19.4. The van der Waals surface area contributed by atoms with Crippen molar-refractivity contribution in [3.8, 4) is 0 Å². The molecule has 6 nitrogen and oxygen atoms in total. The largest absolute Gasteiger partial charge is 0.416 e. The maximum Gasteiger partial charge on any atom is 0.416 e. The van der Waals surface area contributed by atoms with Crippen LogP contribution in [0, 0.1) is 0 Å². The van der Waals surface area contributed by atoms with Crippen LogP contribution in [0.3, 0.4) is 0 Å². The summed E-state index contributed by atoms with van der Waals surface area (Å²) in [6.07, 6.45) is -1.11. The number of amides is 2. The molecule has 1 aromatic rings. The van der Waals surface area contributed by atoms with Crippen molar-refractivity contribution >= 4 is 17.5 Å². The summed E-state index contributed by atoms with van der Waals surface area (Å²) in [5.74, 6) is -0.0138. The van der Waals surface area contributed by atoms with Gasteiger partial charge in [-0.1, -0.05) is 6.07 Å². The highest BCUT2D eigenvalue weighted by Crippen LogP contribution is 2.30. The van der Waals surface area contributed by atoms with Crippen molar-refractivity contribution < 1.29 is 22.8 Å². The van der Waals surface area contributed by atoms with Crippen LogP contribution in [-0.4, -0.2) is 78.9 Å². The number of halogens is 3. The van der Waals surface area contributed by atoms with Crippen molar-refractivity contribution in [2.45, 2.75) is 25.4 Å². The van der Waals surface area contributed by atoms with Crippen LogP contribution < -0.4 is 5.32 Å². The summed E-state index contributed by atoms with van der Waals surface area (Å²) in [5, 5.41) is 2.78. The Balaban J connectivity index is 1.41. The quantitative estimate of drug-likeness (QED) is 0.806. The van der Waals surface area contributed by atoms with Gasteiger partial charge in [0.2, 0.25) is 11.8 Å². The SMILES string of the molecule is O=C(CNc1cccc(C(F)(F)F)c1)N1CCN(CC(=O)N2CCCCC2)CC1. The smallest absolute Gasteiger partial charge is 0.376 e. The van der Waals surface area contributed by atoms with E-state index in [0.717, 1.165) is 38.1 Å². The Morgan fingerprint density at radius 2 is 1.55 bits per heavy atom. The van der Waals surface area contributed by atoms with Crippen LogP contribution in [-0.2, 0) is 15.8 Å². The molecule has 1 N–H and O–H groups in total. The minimum absolute atomic E-state index is 0.0615. The van der Waals surface area contributed by atoms with E-state index >= 15 is 0 Å². The number of hydrogen-bond acceptors (Lipinski definition) is 4. The van der Waals surface area contributed by atoms with Gasteiger partial charge >= 0.3 is 6.18 Å². The van der Waals surface area contributed by atoms with E-state index in [1.165, 1.54) is 18.6 Å². The van der Waals surface area contributed by atoms with Crippen LogP contribution >= 0.6 is 0 Å². The molecule has 0 atom stereocenters.